The van der Waals surface area contributed by atoms with Gasteiger partial charge in [0.15, 0.2) is 0 Å². The lowest BCUT2D eigenvalue weighted by molar-refractivity contribution is 0.168. The van der Waals surface area contributed by atoms with Gasteiger partial charge in [-0.2, -0.15) is 0 Å². The number of piperazine rings is 1. The topological polar surface area (TPSA) is 15.3 Å². The third kappa shape index (κ3) is 3.56. The zero-order chi connectivity index (χ0) is 13.0. The average Bonchev–Trinajstić information content (AvgIpc) is 2.40. The molecule has 0 amide bonds. The minimum Gasteiger partial charge on any atom is -0.311 e. The Morgan fingerprint density at radius 2 is 1.89 bits per heavy atom. The summed E-state index contributed by atoms with van der Waals surface area (Å²) in [6, 6.07) is 9.74. The van der Waals surface area contributed by atoms with Crippen molar-refractivity contribution in [3.8, 4) is 0 Å². The highest BCUT2D eigenvalue weighted by molar-refractivity contribution is 5.22. The normalized spacial score (nSPS) is 21.4. The van der Waals surface area contributed by atoms with Crippen molar-refractivity contribution < 1.29 is 0 Å². The summed E-state index contributed by atoms with van der Waals surface area (Å²) in [4.78, 5) is 2.57. The van der Waals surface area contributed by atoms with Crippen molar-refractivity contribution in [2.45, 2.75) is 39.8 Å². The number of nitrogens with zero attached hydrogens (tertiary/aromatic N) is 1. The second-order valence-electron chi connectivity index (χ2n) is 5.71. The molecule has 1 fully saturated rings. The number of nitrogens with one attached hydrogen (secondary N) is 1. The lowest BCUT2D eigenvalue weighted by Crippen LogP contribution is -2.52. The molecule has 1 unspecified atom stereocenters. The molecule has 1 aromatic carbocycles. The molecule has 2 heteroatoms. The molecule has 1 aliphatic heterocycles. The van der Waals surface area contributed by atoms with Crippen LogP contribution >= 0.6 is 0 Å². The van der Waals surface area contributed by atoms with Gasteiger partial charge >= 0.3 is 0 Å². The Balaban J connectivity index is 1.91. The maximum Gasteiger partial charge on any atom is 0.0234 e. The second-order valence-corrected chi connectivity index (χ2v) is 5.71. The fourth-order valence-electron chi connectivity index (χ4n) is 2.57. The molecule has 0 aliphatic carbocycles. The zero-order valence-corrected chi connectivity index (χ0v) is 11.9. The molecule has 100 valence electrons. The van der Waals surface area contributed by atoms with Gasteiger partial charge < -0.3 is 5.32 Å². The molecule has 0 radical (unpaired) electrons. The number of hydrogen-bond acceptors (Lipinski definition) is 2. The van der Waals surface area contributed by atoms with E-state index >= 15 is 0 Å². The number of rotatable bonds is 4. The van der Waals surface area contributed by atoms with E-state index in [2.05, 4.69) is 55.3 Å². The van der Waals surface area contributed by atoms with Gasteiger partial charge in [-0.25, -0.2) is 0 Å². The van der Waals surface area contributed by atoms with E-state index in [4.69, 9.17) is 0 Å². The SMILES string of the molecule is CCc1ccc(CN2CCNC(C(C)C)C2)cc1. The fraction of sp³-hybridized carbons (Fsp3) is 0.625. The van der Waals surface area contributed by atoms with Crippen LogP contribution in [0.1, 0.15) is 31.9 Å². The van der Waals surface area contributed by atoms with E-state index in [1.54, 1.807) is 0 Å². The van der Waals surface area contributed by atoms with Crippen LogP contribution in [0.2, 0.25) is 0 Å². The van der Waals surface area contributed by atoms with Crippen LogP contribution in [0, 0.1) is 5.92 Å². The van der Waals surface area contributed by atoms with Crippen molar-refractivity contribution in [3.05, 3.63) is 35.4 Å². The summed E-state index contributed by atoms with van der Waals surface area (Å²) in [5.74, 6) is 0.718. The van der Waals surface area contributed by atoms with Gasteiger partial charge in [0, 0.05) is 32.2 Å². The minimum absolute atomic E-state index is 0.647. The molecule has 0 saturated carbocycles. The van der Waals surface area contributed by atoms with Crippen molar-refractivity contribution in [3.63, 3.8) is 0 Å². The summed E-state index contributed by atoms with van der Waals surface area (Å²) in [7, 11) is 0. The van der Waals surface area contributed by atoms with Crippen LogP contribution in [0.5, 0.6) is 0 Å². The van der Waals surface area contributed by atoms with Gasteiger partial charge in [0.05, 0.1) is 0 Å². The molecule has 1 atom stereocenters. The van der Waals surface area contributed by atoms with Gasteiger partial charge in [-0.3, -0.25) is 4.90 Å². The van der Waals surface area contributed by atoms with E-state index in [1.807, 2.05) is 0 Å². The molecule has 1 aromatic rings. The molecule has 0 bridgehead atoms. The molecule has 2 nitrogen and oxygen atoms in total. The van der Waals surface area contributed by atoms with E-state index < -0.39 is 0 Å². The summed E-state index contributed by atoms with van der Waals surface area (Å²) in [5, 5.41) is 3.61. The smallest absolute Gasteiger partial charge is 0.0234 e. The third-order valence-corrected chi connectivity index (χ3v) is 3.93. The highest BCUT2D eigenvalue weighted by Crippen LogP contribution is 2.12. The molecular weight excluding hydrogens is 220 g/mol. The molecule has 1 N–H and O–H groups in total. The summed E-state index contributed by atoms with van der Waals surface area (Å²) < 4.78 is 0. The van der Waals surface area contributed by atoms with Crippen molar-refractivity contribution in [1.29, 1.82) is 0 Å². The lowest BCUT2D eigenvalue weighted by atomic mass is 10.0. The Labute approximate surface area is 111 Å². The summed E-state index contributed by atoms with van der Waals surface area (Å²) in [6.07, 6.45) is 1.13. The van der Waals surface area contributed by atoms with E-state index in [1.165, 1.54) is 24.2 Å². The van der Waals surface area contributed by atoms with E-state index in [0.29, 0.717) is 6.04 Å². The maximum atomic E-state index is 3.61. The first-order chi connectivity index (χ1) is 8.69. The predicted molar refractivity (Wildman–Crippen MR) is 77.7 cm³/mol. The van der Waals surface area contributed by atoms with Crippen LogP contribution in [0.15, 0.2) is 24.3 Å². The largest absolute Gasteiger partial charge is 0.311 e. The zero-order valence-electron chi connectivity index (χ0n) is 11.9. The van der Waals surface area contributed by atoms with Crippen LogP contribution in [0.4, 0.5) is 0 Å². The van der Waals surface area contributed by atoms with Crippen LogP contribution in [-0.2, 0) is 13.0 Å². The van der Waals surface area contributed by atoms with E-state index in [-0.39, 0.29) is 0 Å². The predicted octanol–water partition coefficient (Wildman–Crippen LogP) is 2.68. The Morgan fingerprint density at radius 1 is 1.22 bits per heavy atom. The molecule has 1 heterocycles. The monoisotopic (exact) mass is 246 g/mol. The van der Waals surface area contributed by atoms with Crippen LogP contribution in [-0.4, -0.2) is 30.6 Å². The Hall–Kier alpha value is -0.860. The third-order valence-electron chi connectivity index (χ3n) is 3.93. The Bertz CT molecular complexity index is 356. The van der Waals surface area contributed by atoms with E-state index in [0.717, 1.165) is 25.4 Å². The highest BCUT2D eigenvalue weighted by Gasteiger charge is 2.21. The fourth-order valence-corrected chi connectivity index (χ4v) is 2.57. The van der Waals surface area contributed by atoms with Gasteiger partial charge in [0.1, 0.15) is 0 Å². The first kappa shape index (κ1) is 13.6. The molecule has 0 spiro atoms. The van der Waals surface area contributed by atoms with E-state index in [9.17, 15) is 0 Å². The molecule has 18 heavy (non-hydrogen) atoms. The number of aryl methyl sites for hydroxylation is 1. The van der Waals surface area contributed by atoms with Gasteiger partial charge in [-0.05, 0) is 23.5 Å². The maximum absolute atomic E-state index is 3.61. The van der Waals surface area contributed by atoms with Crippen molar-refractivity contribution in [1.82, 2.24) is 10.2 Å². The molecular formula is C16H26N2. The lowest BCUT2D eigenvalue weighted by Gasteiger charge is -2.35. The van der Waals surface area contributed by atoms with Crippen molar-refractivity contribution in [2.75, 3.05) is 19.6 Å². The average molecular weight is 246 g/mol. The molecule has 1 aliphatic rings. The first-order valence-corrected chi connectivity index (χ1v) is 7.22. The Kier molecular flexibility index (Phi) is 4.79. The molecule has 0 aromatic heterocycles. The molecule has 1 saturated heterocycles. The quantitative estimate of drug-likeness (QED) is 0.878. The summed E-state index contributed by atoms with van der Waals surface area (Å²) in [6.45, 7) is 11.4. The van der Waals surface area contributed by atoms with Crippen LogP contribution in [0.25, 0.3) is 0 Å². The first-order valence-electron chi connectivity index (χ1n) is 7.22. The number of hydrogen-bond donors (Lipinski definition) is 1. The van der Waals surface area contributed by atoms with Crippen molar-refractivity contribution >= 4 is 0 Å². The van der Waals surface area contributed by atoms with Crippen LogP contribution in [0.3, 0.4) is 0 Å². The summed E-state index contributed by atoms with van der Waals surface area (Å²) >= 11 is 0. The van der Waals surface area contributed by atoms with Crippen LogP contribution < -0.4 is 5.32 Å². The highest BCUT2D eigenvalue weighted by atomic mass is 15.2. The van der Waals surface area contributed by atoms with Gasteiger partial charge in [0.25, 0.3) is 0 Å². The van der Waals surface area contributed by atoms with Gasteiger partial charge in [-0.15, -0.1) is 0 Å². The Morgan fingerprint density at radius 3 is 2.50 bits per heavy atom. The second kappa shape index (κ2) is 6.35. The standard InChI is InChI=1S/C16H26N2/c1-4-14-5-7-15(8-6-14)11-18-10-9-17-16(12-18)13(2)3/h5-8,13,16-17H,4,9-12H2,1-3H3. The van der Waals surface area contributed by atoms with Gasteiger partial charge in [0.2, 0.25) is 0 Å². The van der Waals surface area contributed by atoms with Gasteiger partial charge in [-0.1, -0.05) is 45.0 Å². The number of benzene rings is 1. The molecule has 2 rings (SSSR count). The minimum atomic E-state index is 0.647. The summed E-state index contributed by atoms with van der Waals surface area (Å²) in [5.41, 5.74) is 2.87. The van der Waals surface area contributed by atoms with Crippen molar-refractivity contribution in [2.24, 2.45) is 5.92 Å².